The Balaban J connectivity index is 1.59. The van der Waals surface area contributed by atoms with Gasteiger partial charge in [0.1, 0.15) is 0 Å². The molecule has 2 nitrogen and oxygen atoms in total. The largest absolute Gasteiger partial charge is 0.381 e. The van der Waals surface area contributed by atoms with Gasteiger partial charge in [0.2, 0.25) is 0 Å². The van der Waals surface area contributed by atoms with Crippen LogP contribution >= 0.6 is 15.9 Å². The van der Waals surface area contributed by atoms with E-state index in [2.05, 4.69) is 74.7 Å². The predicted octanol–water partition coefficient (Wildman–Crippen LogP) is 4.66. The molecule has 0 saturated carbocycles. The van der Waals surface area contributed by atoms with Crippen molar-refractivity contribution in [3.63, 3.8) is 0 Å². The van der Waals surface area contributed by atoms with Crippen LogP contribution in [-0.4, -0.2) is 13.1 Å². The molecular formula is C17H19BrN2. The van der Waals surface area contributed by atoms with Crippen LogP contribution in [0.5, 0.6) is 0 Å². The maximum atomic E-state index is 3.45. The molecule has 0 unspecified atom stereocenters. The van der Waals surface area contributed by atoms with Gasteiger partial charge in [-0.2, -0.15) is 0 Å². The quantitative estimate of drug-likeness (QED) is 0.876. The summed E-state index contributed by atoms with van der Waals surface area (Å²) in [5.41, 5.74) is 3.82. The Morgan fingerprint density at radius 2 is 1.55 bits per heavy atom. The van der Waals surface area contributed by atoms with Crippen LogP contribution in [0, 0.1) is 0 Å². The van der Waals surface area contributed by atoms with Gasteiger partial charge >= 0.3 is 0 Å². The van der Waals surface area contributed by atoms with Crippen LogP contribution in [0.2, 0.25) is 0 Å². The van der Waals surface area contributed by atoms with Gasteiger partial charge in [-0.25, -0.2) is 0 Å². The summed E-state index contributed by atoms with van der Waals surface area (Å²) in [6.07, 6.45) is 2.65. The van der Waals surface area contributed by atoms with Gasteiger partial charge in [0.25, 0.3) is 0 Å². The first-order valence-electron chi connectivity index (χ1n) is 7.14. The normalized spacial score (nSPS) is 14.6. The second-order valence-corrected chi connectivity index (χ2v) is 6.14. The lowest BCUT2D eigenvalue weighted by atomic mass is 10.2. The third-order valence-electron chi connectivity index (χ3n) is 3.75. The van der Waals surface area contributed by atoms with Crippen LogP contribution in [0.4, 0.5) is 11.4 Å². The van der Waals surface area contributed by atoms with Crippen LogP contribution in [0.15, 0.2) is 53.0 Å². The molecule has 1 fully saturated rings. The van der Waals surface area contributed by atoms with E-state index in [-0.39, 0.29) is 0 Å². The molecule has 0 radical (unpaired) electrons. The van der Waals surface area contributed by atoms with E-state index in [4.69, 9.17) is 0 Å². The summed E-state index contributed by atoms with van der Waals surface area (Å²) < 4.78 is 1.11. The maximum absolute atomic E-state index is 3.45. The van der Waals surface area contributed by atoms with Crippen molar-refractivity contribution in [2.75, 3.05) is 23.3 Å². The van der Waals surface area contributed by atoms with Crippen molar-refractivity contribution in [3.05, 3.63) is 58.6 Å². The highest BCUT2D eigenvalue weighted by atomic mass is 79.9. The second-order valence-electron chi connectivity index (χ2n) is 5.22. The van der Waals surface area contributed by atoms with Gasteiger partial charge in [0.05, 0.1) is 0 Å². The smallest absolute Gasteiger partial charge is 0.0400 e. The molecule has 0 aliphatic carbocycles. The summed E-state index contributed by atoms with van der Waals surface area (Å²) in [7, 11) is 0. The average molecular weight is 331 g/mol. The minimum absolute atomic E-state index is 0.863. The molecule has 2 aromatic carbocycles. The SMILES string of the molecule is Brc1ccc(NCc2ccc(N3CCCC3)cc2)cc1. The van der Waals surface area contributed by atoms with E-state index in [0.29, 0.717) is 0 Å². The molecule has 104 valence electrons. The highest BCUT2D eigenvalue weighted by Gasteiger charge is 2.11. The molecule has 0 bridgehead atoms. The van der Waals surface area contributed by atoms with Crippen LogP contribution in [0.25, 0.3) is 0 Å². The van der Waals surface area contributed by atoms with E-state index < -0.39 is 0 Å². The lowest BCUT2D eigenvalue weighted by Gasteiger charge is -2.17. The molecule has 3 rings (SSSR count). The predicted molar refractivity (Wildman–Crippen MR) is 89.4 cm³/mol. The van der Waals surface area contributed by atoms with E-state index in [1.807, 2.05) is 0 Å². The topological polar surface area (TPSA) is 15.3 Å². The third kappa shape index (κ3) is 3.34. The molecule has 20 heavy (non-hydrogen) atoms. The number of hydrogen-bond donors (Lipinski definition) is 1. The minimum Gasteiger partial charge on any atom is -0.381 e. The number of rotatable bonds is 4. The van der Waals surface area contributed by atoms with Crippen molar-refractivity contribution in [3.8, 4) is 0 Å². The highest BCUT2D eigenvalue weighted by molar-refractivity contribution is 9.10. The van der Waals surface area contributed by atoms with Crippen molar-refractivity contribution in [2.24, 2.45) is 0 Å². The Kier molecular flexibility index (Phi) is 4.26. The first-order valence-corrected chi connectivity index (χ1v) is 7.94. The standard InChI is InChI=1S/C17H19BrN2/c18-15-5-7-16(8-6-15)19-13-14-3-9-17(10-4-14)20-11-1-2-12-20/h3-10,19H,1-2,11-13H2. The van der Waals surface area contributed by atoms with E-state index >= 15 is 0 Å². The Morgan fingerprint density at radius 1 is 0.900 bits per heavy atom. The fourth-order valence-electron chi connectivity index (χ4n) is 2.57. The summed E-state index contributed by atoms with van der Waals surface area (Å²) in [4.78, 5) is 2.46. The van der Waals surface area contributed by atoms with Gasteiger partial charge in [0.15, 0.2) is 0 Å². The molecule has 1 aliphatic heterocycles. The van der Waals surface area contributed by atoms with Gasteiger partial charge in [-0.15, -0.1) is 0 Å². The van der Waals surface area contributed by atoms with E-state index in [1.54, 1.807) is 0 Å². The van der Waals surface area contributed by atoms with Crippen LogP contribution in [0.3, 0.4) is 0 Å². The summed E-state index contributed by atoms with van der Waals surface area (Å²) in [6.45, 7) is 3.27. The third-order valence-corrected chi connectivity index (χ3v) is 4.28. The first kappa shape index (κ1) is 13.5. The Bertz CT molecular complexity index is 542. The number of nitrogens with zero attached hydrogens (tertiary/aromatic N) is 1. The molecule has 1 N–H and O–H groups in total. The minimum atomic E-state index is 0.863. The number of anilines is 2. The van der Waals surface area contributed by atoms with E-state index in [0.717, 1.165) is 16.7 Å². The highest BCUT2D eigenvalue weighted by Crippen LogP contribution is 2.21. The summed E-state index contributed by atoms with van der Waals surface area (Å²) >= 11 is 3.45. The lowest BCUT2D eigenvalue weighted by Crippen LogP contribution is -2.17. The van der Waals surface area contributed by atoms with Crippen LogP contribution in [0.1, 0.15) is 18.4 Å². The first-order chi connectivity index (χ1) is 9.81. The molecule has 2 aromatic rings. The molecule has 0 amide bonds. The Hall–Kier alpha value is -1.48. The average Bonchev–Trinajstić information content (AvgIpc) is 3.01. The molecular weight excluding hydrogens is 312 g/mol. The maximum Gasteiger partial charge on any atom is 0.0400 e. The van der Waals surface area contributed by atoms with Crippen molar-refractivity contribution < 1.29 is 0 Å². The van der Waals surface area contributed by atoms with Crippen LogP contribution in [-0.2, 0) is 6.54 Å². The zero-order valence-corrected chi connectivity index (χ0v) is 13.1. The number of benzene rings is 2. The Labute approximate surface area is 128 Å². The summed E-state index contributed by atoms with van der Waals surface area (Å²) in [5.74, 6) is 0. The summed E-state index contributed by atoms with van der Waals surface area (Å²) in [6, 6.07) is 17.2. The number of halogens is 1. The van der Waals surface area contributed by atoms with E-state index in [1.165, 1.54) is 37.2 Å². The second kappa shape index (κ2) is 6.31. The molecule has 0 aromatic heterocycles. The van der Waals surface area contributed by atoms with Gasteiger partial charge in [-0.05, 0) is 54.8 Å². The van der Waals surface area contributed by atoms with Crippen molar-refractivity contribution in [2.45, 2.75) is 19.4 Å². The monoisotopic (exact) mass is 330 g/mol. The van der Waals surface area contributed by atoms with Crippen molar-refractivity contribution in [1.29, 1.82) is 0 Å². The van der Waals surface area contributed by atoms with Gasteiger partial charge in [-0.1, -0.05) is 28.1 Å². The number of nitrogens with one attached hydrogen (secondary N) is 1. The van der Waals surface area contributed by atoms with E-state index in [9.17, 15) is 0 Å². The number of hydrogen-bond acceptors (Lipinski definition) is 2. The fourth-order valence-corrected chi connectivity index (χ4v) is 2.84. The van der Waals surface area contributed by atoms with Gasteiger partial charge in [0, 0.05) is 35.5 Å². The molecule has 1 aliphatic rings. The lowest BCUT2D eigenvalue weighted by molar-refractivity contribution is 0.949. The molecule has 0 atom stereocenters. The van der Waals surface area contributed by atoms with Crippen molar-refractivity contribution in [1.82, 2.24) is 0 Å². The molecule has 3 heteroatoms. The zero-order chi connectivity index (χ0) is 13.8. The van der Waals surface area contributed by atoms with Gasteiger partial charge in [-0.3, -0.25) is 0 Å². The Morgan fingerprint density at radius 3 is 2.20 bits per heavy atom. The van der Waals surface area contributed by atoms with Gasteiger partial charge < -0.3 is 10.2 Å². The van der Waals surface area contributed by atoms with Crippen molar-refractivity contribution >= 4 is 27.3 Å². The zero-order valence-electron chi connectivity index (χ0n) is 11.5. The summed E-state index contributed by atoms with van der Waals surface area (Å²) in [5, 5.41) is 3.44. The molecule has 1 saturated heterocycles. The van der Waals surface area contributed by atoms with Crippen LogP contribution < -0.4 is 10.2 Å². The molecule has 0 spiro atoms. The molecule has 1 heterocycles. The fraction of sp³-hybridized carbons (Fsp3) is 0.294.